The number of rotatable bonds is 10. The molecule has 1 N–H and O–H groups in total. The van der Waals surface area contributed by atoms with E-state index >= 15 is 0 Å². The van der Waals surface area contributed by atoms with Crippen molar-refractivity contribution in [2.75, 3.05) is 11.9 Å². The summed E-state index contributed by atoms with van der Waals surface area (Å²) in [5.74, 6) is 1.72. The molecule has 162 valence electrons. The topological polar surface area (TPSA) is 86.9 Å². The molecule has 3 aromatic rings. The smallest absolute Gasteiger partial charge is 0.327 e. The third-order valence-corrected chi connectivity index (χ3v) is 5.16. The largest absolute Gasteiger partial charge is 0.464 e. The van der Waals surface area contributed by atoms with Crippen molar-refractivity contribution in [1.82, 2.24) is 24.3 Å². The number of carbonyl (C=O) groups excluding carboxylic acids is 1. The lowest BCUT2D eigenvalue weighted by Crippen LogP contribution is -2.16. The van der Waals surface area contributed by atoms with Crippen LogP contribution in [0.1, 0.15) is 41.0 Å². The number of esters is 1. The normalized spacial score (nSPS) is 12.6. The van der Waals surface area contributed by atoms with Gasteiger partial charge < -0.3 is 14.6 Å². The quantitative estimate of drug-likeness (QED) is 0.501. The van der Waals surface area contributed by atoms with Gasteiger partial charge in [-0.25, -0.2) is 4.98 Å². The molecule has 1 atom stereocenters. The maximum absolute atomic E-state index is 11.9. The number of nitrogens with one attached hydrogen (secondary N) is 1. The Morgan fingerprint density at radius 2 is 2.03 bits per heavy atom. The molecule has 0 aliphatic carbocycles. The van der Waals surface area contributed by atoms with Gasteiger partial charge in [0.05, 0.1) is 18.5 Å². The molecule has 0 saturated carbocycles. The lowest BCUT2D eigenvalue weighted by Gasteiger charge is -2.20. The Labute approximate surface area is 177 Å². The standard InChI is InChI=1S/C22H32N6O2/c1-6-17(16(4)5)11-27-8-7-18-9-23-22(26-21(18)27)25-19-10-24-28(12-19)13-20(29)30-14-15(2)3/h7-10,12,15-17H,6,11,13-14H2,1-5H3,(H,23,25,26). The first-order chi connectivity index (χ1) is 14.4. The van der Waals surface area contributed by atoms with Crippen molar-refractivity contribution >= 4 is 28.6 Å². The molecule has 0 amide bonds. The highest BCUT2D eigenvalue weighted by Gasteiger charge is 2.14. The molecular weight excluding hydrogens is 380 g/mol. The molecule has 8 nitrogen and oxygen atoms in total. The van der Waals surface area contributed by atoms with Gasteiger partial charge in [0, 0.05) is 30.5 Å². The summed E-state index contributed by atoms with van der Waals surface area (Å²) in [4.78, 5) is 21.0. The first-order valence-electron chi connectivity index (χ1n) is 10.6. The van der Waals surface area contributed by atoms with Gasteiger partial charge in [-0.05, 0) is 23.8 Å². The molecule has 0 aliphatic heterocycles. The molecule has 0 fully saturated rings. The van der Waals surface area contributed by atoms with E-state index in [0.717, 1.165) is 29.7 Å². The highest BCUT2D eigenvalue weighted by molar-refractivity contribution is 5.76. The molecule has 8 heteroatoms. The zero-order valence-corrected chi connectivity index (χ0v) is 18.5. The van der Waals surface area contributed by atoms with Gasteiger partial charge in [0.1, 0.15) is 12.2 Å². The maximum Gasteiger partial charge on any atom is 0.327 e. The molecule has 30 heavy (non-hydrogen) atoms. The number of aromatic nitrogens is 5. The highest BCUT2D eigenvalue weighted by atomic mass is 16.5. The lowest BCUT2D eigenvalue weighted by atomic mass is 9.93. The van der Waals surface area contributed by atoms with Crippen LogP contribution in [-0.4, -0.2) is 36.9 Å². The van der Waals surface area contributed by atoms with E-state index in [-0.39, 0.29) is 12.5 Å². The van der Waals surface area contributed by atoms with Crippen molar-refractivity contribution in [2.45, 2.75) is 54.1 Å². The summed E-state index contributed by atoms with van der Waals surface area (Å²) in [7, 11) is 0. The van der Waals surface area contributed by atoms with Crippen LogP contribution >= 0.6 is 0 Å². The predicted molar refractivity (Wildman–Crippen MR) is 117 cm³/mol. The van der Waals surface area contributed by atoms with E-state index in [9.17, 15) is 4.79 Å². The number of anilines is 2. The molecule has 0 spiro atoms. The second-order valence-electron chi connectivity index (χ2n) is 8.48. The van der Waals surface area contributed by atoms with E-state index in [0.29, 0.717) is 30.3 Å². The van der Waals surface area contributed by atoms with Gasteiger partial charge in [0.2, 0.25) is 5.95 Å². The fourth-order valence-corrected chi connectivity index (χ4v) is 3.32. The van der Waals surface area contributed by atoms with Gasteiger partial charge >= 0.3 is 5.97 Å². The molecular formula is C22H32N6O2. The number of nitrogens with zero attached hydrogens (tertiary/aromatic N) is 5. The third kappa shape index (κ3) is 5.58. The van der Waals surface area contributed by atoms with Gasteiger partial charge in [-0.15, -0.1) is 0 Å². The second kappa shape index (κ2) is 9.73. The van der Waals surface area contributed by atoms with Crippen LogP contribution in [0.2, 0.25) is 0 Å². The summed E-state index contributed by atoms with van der Waals surface area (Å²) >= 11 is 0. The minimum absolute atomic E-state index is 0.0742. The SMILES string of the molecule is CCC(Cn1ccc2cnc(Nc3cnn(CC(=O)OCC(C)C)c3)nc21)C(C)C. The number of carbonyl (C=O) groups is 1. The summed E-state index contributed by atoms with van der Waals surface area (Å²) < 4.78 is 8.94. The lowest BCUT2D eigenvalue weighted by molar-refractivity contribution is -0.145. The van der Waals surface area contributed by atoms with Crippen molar-refractivity contribution < 1.29 is 9.53 Å². The van der Waals surface area contributed by atoms with Crippen LogP contribution in [0.3, 0.4) is 0 Å². The van der Waals surface area contributed by atoms with Crippen LogP contribution in [0, 0.1) is 17.8 Å². The summed E-state index contributed by atoms with van der Waals surface area (Å²) in [5.41, 5.74) is 1.63. The van der Waals surface area contributed by atoms with Gasteiger partial charge in [0.25, 0.3) is 0 Å². The summed E-state index contributed by atoms with van der Waals surface area (Å²) in [6, 6.07) is 2.05. The Morgan fingerprint density at radius 3 is 2.73 bits per heavy atom. The fourth-order valence-electron chi connectivity index (χ4n) is 3.32. The monoisotopic (exact) mass is 412 g/mol. The average Bonchev–Trinajstić information content (AvgIpc) is 3.30. The van der Waals surface area contributed by atoms with Crippen LogP contribution in [0.5, 0.6) is 0 Å². The first-order valence-corrected chi connectivity index (χ1v) is 10.6. The zero-order chi connectivity index (χ0) is 21.7. The third-order valence-electron chi connectivity index (χ3n) is 5.16. The van der Waals surface area contributed by atoms with Gasteiger partial charge in [0.15, 0.2) is 0 Å². The van der Waals surface area contributed by atoms with Gasteiger partial charge in [-0.1, -0.05) is 41.0 Å². The van der Waals surface area contributed by atoms with Crippen LogP contribution in [0.25, 0.3) is 11.0 Å². The molecule has 0 aromatic carbocycles. The Balaban J connectivity index is 1.68. The zero-order valence-electron chi connectivity index (χ0n) is 18.5. The van der Waals surface area contributed by atoms with Crippen molar-refractivity contribution in [3.05, 3.63) is 30.9 Å². The van der Waals surface area contributed by atoms with Crippen molar-refractivity contribution in [1.29, 1.82) is 0 Å². The molecule has 3 heterocycles. The molecule has 0 bridgehead atoms. The Bertz CT molecular complexity index is 975. The van der Waals surface area contributed by atoms with Crippen LogP contribution in [0.4, 0.5) is 11.6 Å². The summed E-state index contributed by atoms with van der Waals surface area (Å²) in [6.45, 7) is 12.2. The average molecular weight is 413 g/mol. The van der Waals surface area contributed by atoms with E-state index in [1.54, 1.807) is 17.1 Å². The van der Waals surface area contributed by atoms with Crippen LogP contribution in [0.15, 0.2) is 30.9 Å². The fraction of sp³-hybridized carbons (Fsp3) is 0.545. The Morgan fingerprint density at radius 1 is 1.23 bits per heavy atom. The first kappa shape index (κ1) is 21.8. The molecule has 3 rings (SSSR count). The van der Waals surface area contributed by atoms with E-state index in [2.05, 4.69) is 46.9 Å². The molecule has 0 radical (unpaired) electrons. The van der Waals surface area contributed by atoms with Crippen LogP contribution in [-0.2, 0) is 22.6 Å². The van der Waals surface area contributed by atoms with Crippen molar-refractivity contribution in [3.63, 3.8) is 0 Å². The van der Waals surface area contributed by atoms with E-state index in [1.807, 2.05) is 26.1 Å². The number of ether oxygens (including phenoxy) is 1. The molecule has 0 aliphatic rings. The van der Waals surface area contributed by atoms with E-state index in [4.69, 9.17) is 9.72 Å². The van der Waals surface area contributed by atoms with Crippen LogP contribution < -0.4 is 5.32 Å². The minimum atomic E-state index is -0.301. The molecule has 0 saturated heterocycles. The maximum atomic E-state index is 11.9. The Hall–Kier alpha value is -2.90. The van der Waals surface area contributed by atoms with Gasteiger partial charge in [-0.3, -0.25) is 9.48 Å². The highest BCUT2D eigenvalue weighted by Crippen LogP contribution is 2.22. The number of fused-ring (bicyclic) bond motifs is 1. The van der Waals surface area contributed by atoms with E-state index in [1.165, 1.54) is 0 Å². The number of hydrogen-bond acceptors (Lipinski definition) is 6. The van der Waals surface area contributed by atoms with Gasteiger partial charge in [-0.2, -0.15) is 10.1 Å². The molecule has 3 aromatic heterocycles. The minimum Gasteiger partial charge on any atom is -0.464 e. The number of hydrogen-bond donors (Lipinski definition) is 1. The predicted octanol–water partition coefficient (Wildman–Crippen LogP) is 4.25. The van der Waals surface area contributed by atoms with Crippen molar-refractivity contribution in [3.8, 4) is 0 Å². The van der Waals surface area contributed by atoms with E-state index < -0.39 is 0 Å². The summed E-state index contributed by atoms with van der Waals surface area (Å²) in [5, 5.41) is 8.40. The molecule has 1 unspecified atom stereocenters. The second-order valence-corrected chi connectivity index (χ2v) is 8.48. The Kier molecular flexibility index (Phi) is 7.07. The van der Waals surface area contributed by atoms with Crippen molar-refractivity contribution in [2.24, 2.45) is 17.8 Å². The summed E-state index contributed by atoms with van der Waals surface area (Å²) in [6.07, 6.45) is 8.43.